The van der Waals surface area contributed by atoms with E-state index in [1.165, 1.54) is 11.3 Å². The van der Waals surface area contributed by atoms with Crippen molar-refractivity contribution >= 4 is 44.6 Å². The Hall–Kier alpha value is -2.25. The third-order valence-electron chi connectivity index (χ3n) is 3.35. The zero-order chi connectivity index (χ0) is 16.2. The van der Waals surface area contributed by atoms with Crippen LogP contribution in [0.5, 0.6) is 0 Å². The van der Waals surface area contributed by atoms with Crippen molar-refractivity contribution in [2.24, 2.45) is 17.3 Å². The number of para-hydroxylation sites is 1. The summed E-state index contributed by atoms with van der Waals surface area (Å²) in [5.74, 6) is -0.832. The van der Waals surface area contributed by atoms with Crippen molar-refractivity contribution in [1.82, 2.24) is 4.57 Å². The first-order valence-electron chi connectivity index (χ1n) is 7.06. The van der Waals surface area contributed by atoms with Crippen molar-refractivity contribution in [3.05, 3.63) is 51.5 Å². The molecule has 7 heteroatoms. The number of thiophene rings is 1. The summed E-state index contributed by atoms with van der Waals surface area (Å²) in [6.45, 7) is 0. The van der Waals surface area contributed by atoms with E-state index in [1.54, 1.807) is 11.3 Å². The molecule has 2 aromatic heterocycles. The number of hydrogen-bond donors (Lipinski definition) is 1. The van der Waals surface area contributed by atoms with Crippen LogP contribution in [0.25, 0.3) is 10.2 Å². The number of thiazole rings is 1. The smallest absolute Gasteiger partial charge is 0.303 e. The molecule has 118 valence electrons. The summed E-state index contributed by atoms with van der Waals surface area (Å²) in [6.07, 6.45) is 0.415. The number of fused-ring (bicyclic) bond motifs is 1. The molecule has 0 saturated heterocycles. The Kier molecular flexibility index (Phi) is 4.68. The first-order valence-corrected chi connectivity index (χ1v) is 8.75. The maximum atomic E-state index is 10.8. The number of aromatic nitrogens is 1. The number of aliphatic carboxylic acids is 1. The molecular formula is C16H15N3O2S2. The lowest BCUT2D eigenvalue weighted by molar-refractivity contribution is -0.136. The van der Waals surface area contributed by atoms with Gasteiger partial charge in [-0.15, -0.1) is 16.4 Å². The molecule has 0 fully saturated rings. The molecule has 0 amide bonds. The molecule has 0 radical (unpaired) electrons. The molecule has 0 aliphatic carbocycles. The highest BCUT2D eigenvalue weighted by atomic mass is 32.1. The van der Waals surface area contributed by atoms with Crippen LogP contribution in [-0.4, -0.2) is 21.4 Å². The number of carboxylic acid groups (broad SMARTS) is 1. The Morgan fingerprint density at radius 3 is 2.74 bits per heavy atom. The van der Waals surface area contributed by atoms with Gasteiger partial charge in [-0.05, 0) is 23.6 Å². The Morgan fingerprint density at radius 2 is 2.04 bits per heavy atom. The molecule has 0 aliphatic heterocycles. The molecule has 3 rings (SSSR count). The highest BCUT2D eigenvalue weighted by Gasteiger charge is 2.08. The predicted molar refractivity (Wildman–Crippen MR) is 94.1 cm³/mol. The number of hydrogen-bond acceptors (Lipinski definition) is 5. The molecule has 23 heavy (non-hydrogen) atoms. The Bertz CT molecular complexity index is 920. The lowest BCUT2D eigenvalue weighted by atomic mass is 10.2. The van der Waals surface area contributed by atoms with Gasteiger partial charge in [-0.1, -0.05) is 29.5 Å². The van der Waals surface area contributed by atoms with E-state index in [9.17, 15) is 4.79 Å². The van der Waals surface area contributed by atoms with Crippen molar-refractivity contribution in [3.63, 3.8) is 0 Å². The fourth-order valence-electron chi connectivity index (χ4n) is 2.17. The molecule has 0 aliphatic rings. The number of benzene rings is 1. The normalized spacial score (nSPS) is 12.9. The van der Waals surface area contributed by atoms with Crippen molar-refractivity contribution in [2.75, 3.05) is 0 Å². The van der Waals surface area contributed by atoms with Crippen molar-refractivity contribution in [1.29, 1.82) is 0 Å². The van der Waals surface area contributed by atoms with Crippen LogP contribution in [0.1, 0.15) is 17.7 Å². The summed E-state index contributed by atoms with van der Waals surface area (Å²) in [4.78, 5) is 12.6. The molecule has 0 spiro atoms. The van der Waals surface area contributed by atoms with Crippen LogP contribution in [0.2, 0.25) is 0 Å². The lowest BCUT2D eigenvalue weighted by Gasteiger charge is -1.99. The van der Waals surface area contributed by atoms with Crippen molar-refractivity contribution in [3.8, 4) is 0 Å². The van der Waals surface area contributed by atoms with E-state index in [-0.39, 0.29) is 6.42 Å². The zero-order valence-corrected chi connectivity index (χ0v) is 14.1. The minimum absolute atomic E-state index is 0.0464. The highest BCUT2D eigenvalue weighted by Crippen LogP contribution is 2.16. The van der Waals surface area contributed by atoms with E-state index in [1.807, 2.05) is 53.4 Å². The van der Waals surface area contributed by atoms with Gasteiger partial charge in [-0.2, -0.15) is 5.10 Å². The van der Waals surface area contributed by atoms with Gasteiger partial charge in [0.05, 0.1) is 27.2 Å². The summed E-state index contributed by atoms with van der Waals surface area (Å²) < 4.78 is 3.14. The van der Waals surface area contributed by atoms with E-state index in [0.29, 0.717) is 12.1 Å². The molecule has 1 N–H and O–H groups in total. The fraction of sp³-hybridized carbons (Fsp3) is 0.188. The minimum Gasteiger partial charge on any atom is -0.481 e. The van der Waals surface area contributed by atoms with E-state index in [0.717, 1.165) is 19.9 Å². The van der Waals surface area contributed by atoms with Crippen LogP contribution < -0.4 is 4.80 Å². The summed E-state index contributed by atoms with van der Waals surface area (Å²) in [5.41, 5.74) is 1.81. The molecule has 0 atom stereocenters. The molecular weight excluding hydrogens is 330 g/mol. The van der Waals surface area contributed by atoms with Crippen LogP contribution in [0.15, 0.2) is 52.0 Å². The molecule has 3 aromatic rings. The second-order valence-corrected chi connectivity index (χ2v) is 6.89. The Balaban J connectivity index is 2.01. The SMILES string of the molecule is Cn1/c(=N/N=C(CCC(=O)O)c2cccs2)sc2ccccc21. The molecule has 0 bridgehead atoms. The van der Waals surface area contributed by atoms with E-state index < -0.39 is 5.97 Å². The Morgan fingerprint density at radius 1 is 1.22 bits per heavy atom. The second-order valence-electron chi connectivity index (χ2n) is 4.93. The number of rotatable bonds is 5. The average molecular weight is 345 g/mol. The van der Waals surface area contributed by atoms with Gasteiger partial charge in [0.25, 0.3) is 0 Å². The van der Waals surface area contributed by atoms with Crippen molar-refractivity contribution < 1.29 is 9.90 Å². The summed E-state index contributed by atoms with van der Waals surface area (Å²) in [7, 11) is 1.95. The fourth-order valence-corrected chi connectivity index (χ4v) is 3.88. The van der Waals surface area contributed by atoms with E-state index in [4.69, 9.17) is 5.11 Å². The summed E-state index contributed by atoms with van der Waals surface area (Å²) in [6, 6.07) is 11.9. The maximum absolute atomic E-state index is 10.8. The highest BCUT2D eigenvalue weighted by molar-refractivity contribution is 7.16. The standard InChI is InChI=1S/C16H15N3O2S2/c1-19-12-5-2-3-6-14(12)23-16(19)18-17-11(8-9-15(20)21)13-7-4-10-22-13/h2-7,10H,8-9H2,1H3,(H,20,21)/b17-11?,18-16-. The van der Waals surface area contributed by atoms with E-state index in [2.05, 4.69) is 10.2 Å². The van der Waals surface area contributed by atoms with Gasteiger partial charge in [-0.25, -0.2) is 0 Å². The van der Waals surface area contributed by atoms with Gasteiger partial charge >= 0.3 is 5.97 Å². The summed E-state index contributed by atoms with van der Waals surface area (Å²) in [5, 5.41) is 19.6. The van der Waals surface area contributed by atoms with Gasteiger partial charge in [-0.3, -0.25) is 4.79 Å². The topological polar surface area (TPSA) is 67.0 Å². The summed E-state index contributed by atoms with van der Waals surface area (Å²) >= 11 is 3.10. The molecule has 0 unspecified atom stereocenters. The van der Waals surface area contributed by atoms with Crippen LogP contribution in [0.4, 0.5) is 0 Å². The van der Waals surface area contributed by atoms with Gasteiger partial charge in [0, 0.05) is 13.5 Å². The van der Waals surface area contributed by atoms with Crippen LogP contribution in [0.3, 0.4) is 0 Å². The number of aryl methyl sites for hydroxylation is 1. The first kappa shape index (κ1) is 15.6. The molecule has 5 nitrogen and oxygen atoms in total. The molecule has 2 heterocycles. The van der Waals surface area contributed by atoms with Gasteiger partial charge in [0.15, 0.2) is 0 Å². The average Bonchev–Trinajstić information content (AvgIpc) is 3.17. The lowest BCUT2D eigenvalue weighted by Crippen LogP contribution is -2.10. The maximum Gasteiger partial charge on any atom is 0.303 e. The molecule has 1 aromatic carbocycles. The van der Waals surface area contributed by atoms with Crippen LogP contribution >= 0.6 is 22.7 Å². The quantitative estimate of drug-likeness (QED) is 0.568. The van der Waals surface area contributed by atoms with Crippen LogP contribution in [-0.2, 0) is 11.8 Å². The first-order chi connectivity index (χ1) is 11.1. The van der Waals surface area contributed by atoms with Gasteiger partial charge in [0.2, 0.25) is 4.80 Å². The number of carboxylic acids is 1. The second kappa shape index (κ2) is 6.89. The minimum atomic E-state index is -0.832. The number of carbonyl (C=O) groups is 1. The van der Waals surface area contributed by atoms with Crippen molar-refractivity contribution in [2.45, 2.75) is 12.8 Å². The third-order valence-corrected chi connectivity index (χ3v) is 5.37. The largest absolute Gasteiger partial charge is 0.481 e. The third kappa shape index (κ3) is 3.57. The zero-order valence-electron chi connectivity index (χ0n) is 12.5. The van der Waals surface area contributed by atoms with Gasteiger partial charge < -0.3 is 9.67 Å². The Labute approximate surface area is 140 Å². The van der Waals surface area contributed by atoms with Crippen LogP contribution in [0, 0.1) is 0 Å². The number of nitrogens with zero attached hydrogens (tertiary/aromatic N) is 3. The monoisotopic (exact) mass is 345 g/mol. The van der Waals surface area contributed by atoms with E-state index >= 15 is 0 Å². The molecule has 0 saturated carbocycles. The predicted octanol–water partition coefficient (Wildman–Crippen LogP) is 3.47. The van der Waals surface area contributed by atoms with Gasteiger partial charge in [0.1, 0.15) is 0 Å².